The number of likely N-dealkylation sites (N-methyl/N-ethyl adjacent to an activating group) is 1. The summed E-state index contributed by atoms with van der Waals surface area (Å²) in [4.78, 5) is 1.41. The lowest BCUT2D eigenvalue weighted by Crippen LogP contribution is -2.23. The molecule has 3 rings (SSSR count). The summed E-state index contributed by atoms with van der Waals surface area (Å²) >= 11 is 5.92. The van der Waals surface area contributed by atoms with E-state index in [1.54, 1.807) is 19.0 Å². The maximum Gasteiger partial charge on any atom is 0.433 e. The molecule has 0 atom stereocenters. The van der Waals surface area contributed by atoms with Crippen LogP contribution in [0.2, 0.25) is 5.02 Å². The lowest BCUT2D eigenvalue weighted by Gasteiger charge is -2.15. The van der Waals surface area contributed by atoms with Gasteiger partial charge in [-0.25, -0.2) is 13.6 Å². The van der Waals surface area contributed by atoms with Crippen molar-refractivity contribution >= 4 is 21.6 Å². The van der Waals surface area contributed by atoms with Crippen molar-refractivity contribution in [2.45, 2.75) is 17.6 Å². The lowest BCUT2D eigenvalue weighted by molar-refractivity contribution is -0.143. The van der Waals surface area contributed by atoms with Gasteiger partial charge in [0.1, 0.15) is 5.69 Å². The van der Waals surface area contributed by atoms with E-state index in [0.717, 1.165) is 4.68 Å². The lowest BCUT2D eigenvalue weighted by atomic mass is 9.98. The standard InChI is InChI=1S/C20H20ClF3N4O2S/c1-27(2)11-12-28-19(20(22,23)24)17(13-7-9-14(21)10-8-13)18(26-28)15-5-3-4-6-16(15)31(25,29)30/h3-10H,11-12H2,1-2H3,(H2,25,29,30). The van der Waals surface area contributed by atoms with Crippen LogP contribution in [-0.2, 0) is 22.7 Å². The molecule has 0 radical (unpaired) electrons. The summed E-state index contributed by atoms with van der Waals surface area (Å²) < 4.78 is 67.8. The minimum Gasteiger partial charge on any atom is -0.308 e. The van der Waals surface area contributed by atoms with Gasteiger partial charge in [-0.2, -0.15) is 18.3 Å². The second-order valence-electron chi connectivity index (χ2n) is 7.14. The molecule has 166 valence electrons. The van der Waals surface area contributed by atoms with Gasteiger partial charge in [-0.05, 0) is 37.9 Å². The highest BCUT2D eigenvalue weighted by molar-refractivity contribution is 7.89. The first-order valence-corrected chi connectivity index (χ1v) is 11.0. The number of rotatable bonds is 6. The van der Waals surface area contributed by atoms with Gasteiger partial charge in [-0.1, -0.05) is 41.9 Å². The van der Waals surface area contributed by atoms with E-state index in [4.69, 9.17) is 16.7 Å². The molecule has 6 nitrogen and oxygen atoms in total. The summed E-state index contributed by atoms with van der Waals surface area (Å²) in [7, 11) is -0.751. The average Bonchev–Trinajstić information content (AvgIpc) is 3.06. The van der Waals surface area contributed by atoms with E-state index in [1.165, 1.54) is 48.5 Å². The van der Waals surface area contributed by atoms with Gasteiger partial charge in [0.25, 0.3) is 0 Å². The van der Waals surface area contributed by atoms with Crippen LogP contribution in [0.15, 0.2) is 53.4 Å². The van der Waals surface area contributed by atoms with Crippen molar-refractivity contribution in [1.82, 2.24) is 14.7 Å². The first kappa shape index (κ1) is 23.3. The predicted octanol–water partition coefficient (Wildman–Crippen LogP) is 4.10. The van der Waals surface area contributed by atoms with E-state index in [-0.39, 0.29) is 33.8 Å². The third-order valence-corrected chi connectivity index (χ3v) is 5.78. The highest BCUT2D eigenvalue weighted by Crippen LogP contribution is 2.44. The number of primary sulfonamides is 1. The molecule has 0 aliphatic carbocycles. The number of alkyl halides is 3. The minimum absolute atomic E-state index is 0.0101. The molecular formula is C20H20ClF3N4O2S. The Morgan fingerprint density at radius 1 is 1.10 bits per heavy atom. The van der Waals surface area contributed by atoms with Gasteiger partial charge in [-0.15, -0.1) is 0 Å². The van der Waals surface area contributed by atoms with Crippen molar-refractivity contribution in [1.29, 1.82) is 0 Å². The largest absolute Gasteiger partial charge is 0.433 e. The number of nitrogens with zero attached hydrogens (tertiary/aromatic N) is 3. The molecule has 11 heteroatoms. The molecule has 0 unspecified atom stereocenters. The zero-order valence-corrected chi connectivity index (χ0v) is 18.3. The zero-order valence-electron chi connectivity index (χ0n) is 16.7. The van der Waals surface area contributed by atoms with Gasteiger partial charge in [0.2, 0.25) is 10.0 Å². The number of halogens is 4. The first-order chi connectivity index (χ1) is 14.4. The Balaban J connectivity index is 2.40. The highest BCUT2D eigenvalue weighted by atomic mass is 35.5. The molecule has 0 spiro atoms. The van der Waals surface area contributed by atoms with Crippen molar-refractivity contribution in [3.63, 3.8) is 0 Å². The number of nitrogens with two attached hydrogens (primary N) is 1. The Hall–Kier alpha value is -2.40. The maximum absolute atomic E-state index is 14.2. The predicted molar refractivity (Wildman–Crippen MR) is 113 cm³/mol. The Bertz CT molecular complexity index is 1190. The number of benzene rings is 2. The molecule has 0 aliphatic heterocycles. The summed E-state index contributed by atoms with van der Waals surface area (Å²) in [5.41, 5.74) is -1.15. The highest BCUT2D eigenvalue weighted by Gasteiger charge is 2.41. The van der Waals surface area contributed by atoms with Crippen LogP contribution in [0.25, 0.3) is 22.4 Å². The smallest absolute Gasteiger partial charge is 0.308 e. The second kappa shape index (κ2) is 8.62. The fourth-order valence-electron chi connectivity index (χ4n) is 3.20. The van der Waals surface area contributed by atoms with E-state index >= 15 is 0 Å². The molecule has 1 aromatic heterocycles. The van der Waals surface area contributed by atoms with Gasteiger partial charge in [0, 0.05) is 22.7 Å². The van der Waals surface area contributed by atoms with Crippen LogP contribution in [0.5, 0.6) is 0 Å². The van der Waals surface area contributed by atoms with Gasteiger partial charge >= 0.3 is 6.18 Å². The molecule has 2 aromatic carbocycles. The second-order valence-corrected chi connectivity index (χ2v) is 9.11. The molecule has 0 saturated carbocycles. The van der Waals surface area contributed by atoms with Crippen molar-refractivity contribution in [3.8, 4) is 22.4 Å². The van der Waals surface area contributed by atoms with E-state index in [2.05, 4.69) is 5.10 Å². The average molecular weight is 473 g/mol. The van der Waals surface area contributed by atoms with Crippen LogP contribution in [-0.4, -0.2) is 43.7 Å². The van der Waals surface area contributed by atoms with Crippen molar-refractivity contribution in [2.24, 2.45) is 5.14 Å². The van der Waals surface area contributed by atoms with Gasteiger partial charge in [0.15, 0.2) is 5.69 Å². The quantitative estimate of drug-likeness (QED) is 0.585. The third-order valence-electron chi connectivity index (χ3n) is 4.56. The normalized spacial score (nSPS) is 12.5. The number of aromatic nitrogens is 2. The molecule has 0 amide bonds. The van der Waals surface area contributed by atoms with Crippen LogP contribution in [0.4, 0.5) is 13.2 Å². The number of sulfonamides is 1. The molecule has 2 N–H and O–H groups in total. The first-order valence-electron chi connectivity index (χ1n) is 9.10. The molecule has 0 saturated heterocycles. The van der Waals surface area contributed by atoms with Crippen LogP contribution in [0.3, 0.4) is 0 Å². The summed E-state index contributed by atoms with van der Waals surface area (Å²) in [6, 6.07) is 11.4. The zero-order chi connectivity index (χ0) is 23.0. The van der Waals surface area contributed by atoms with E-state index < -0.39 is 21.9 Å². The Morgan fingerprint density at radius 2 is 1.71 bits per heavy atom. The fraction of sp³-hybridized carbons (Fsp3) is 0.250. The van der Waals surface area contributed by atoms with Crippen LogP contribution in [0.1, 0.15) is 5.69 Å². The molecular weight excluding hydrogens is 453 g/mol. The van der Waals surface area contributed by atoms with Crippen LogP contribution in [0, 0.1) is 0 Å². The monoisotopic (exact) mass is 472 g/mol. The topological polar surface area (TPSA) is 81.2 Å². The van der Waals surface area contributed by atoms with Crippen LogP contribution >= 0.6 is 11.6 Å². The van der Waals surface area contributed by atoms with Crippen LogP contribution < -0.4 is 5.14 Å². The van der Waals surface area contributed by atoms with Gasteiger partial charge < -0.3 is 4.90 Å². The fourth-order valence-corrected chi connectivity index (χ4v) is 4.06. The van der Waals surface area contributed by atoms with Gasteiger partial charge in [0.05, 0.1) is 11.4 Å². The summed E-state index contributed by atoms with van der Waals surface area (Å²) in [5, 5.41) is 9.88. The van der Waals surface area contributed by atoms with E-state index in [0.29, 0.717) is 11.6 Å². The Labute approximate surface area is 183 Å². The summed E-state index contributed by atoms with van der Waals surface area (Å²) in [5.74, 6) is 0. The van der Waals surface area contributed by atoms with Crippen molar-refractivity contribution in [2.75, 3.05) is 20.6 Å². The molecule has 0 bridgehead atoms. The van der Waals surface area contributed by atoms with Crippen molar-refractivity contribution < 1.29 is 21.6 Å². The van der Waals surface area contributed by atoms with Gasteiger partial charge in [-0.3, -0.25) is 4.68 Å². The molecule has 0 fully saturated rings. The molecule has 31 heavy (non-hydrogen) atoms. The number of hydrogen-bond acceptors (Lipinski definition) is 4. The maximum atomic E-state index is 14.2. The summed E-state index contributed by atoms with van der Waals surface area (Å²) in [6.45, 7) is 0.237. The van der Waals surface area contributed by atoms with E-state index in [9.17, 15) is 21.6 Å². The molecule has 3 aromatic rings. The third kappa shape index (κ3) is 5.09. The Kier molecular flexibility index (Phi) is 6.47. The number of hydrogen-bond donors (Lipinski definition) is 1. The SMILES string of the molecule is CN(C)CCn1nc(-c2ccccc2S(N)(=O)=O)c(-c2ccc(Cl)cc2)c1C(F)(F)F. The molecule has 1 heterocycles. The van der Waals surface area contributed by atoms with Crippen molar-refractivity contribution in [3.05, 3.63) is 59.2 Å². The summed E-state index contributed by atoms with van der Waals surface area (Å²) in [6.07, 6.45) is -4.75. The minimum atomic E-state index is -4.75. The molecule has 0 aliphatic rings. The van der Waals surface area contributed by atoms with E-state index in [1.807, 2.05) is 0 Å². The Morgan fingerprint density at radius 3 is 2.26 bits per heavy atom.